The average Bonchev–Trinajstić information content (AvgIpc) is 3.19. The number of benzene rings is 2. The Bertz CT molecular complexity index is 1280. The number of nitrogen functional groups attached to an aromatic ring is 1. The van der Waals surface area contributed by atoms with Crippen LogP contribution >= 0.6 is 12.2 Å². The van der Waals surface area contributed by atoms with Gasteiger partial charge in [0.1, 0.15) is 11.5 Å². The number of nitrogens with zero attached hydrogens (tertiary/aromatic N) is 2. The first-order valence-electron chi connectivity index (χ1n) is 9.30. The van der Waals surface area contributed by atoms with E-state index in [1.165, 1.54) is 0 Å². The molecule has 4 N–H and O–H groups in total. The molecule has 1 amide bonds. The molecule has 0 saturated heterocycles. The van der Waals surface area contributed by atoms with E-state index >= 15 is 0 Å². The molecule has 2 heterocycles. The normalized spacial score (nSPS) is 11.0. The van der Waals surface area contributed by atoms with E-state index in [-0.39, 0.29) is 5.91 Å². The Morgan fingerprint density at radius 1 is 1.20 bits per heavy atom. The smallest absolute Gasteiger partial charge is 0.267 e. The molecule has 4 rings (SSSR count). The molecule has 0 aliphatic carbocycles. The predicted octanol–water partition coefficient (Wildman–Crippen LogP) is 3.28. The second-order valence-corrected chi connectivity index (χ2v) is 7.05. The van der Waals surface area contributed by atoms with Crippen LogP contribution in [-0.4, -0.2) is 41.2 Å². The van der Waals surface area contributed by atoms with Gasteiger partial charge in [-0.3, -0.25) is 4.79 Å². The molecule has 154 valence electrons. The van der Waals surface area contributed by atoms with Crippen molar-refractivity contribution in [2.45, 2.75) is 6.54 Å². The van der Waals surface area contributed by atoms with E-state index in [4.69, 9.17) is 27.4 Å². The van der Waals surface area contributed by atoms with Gasteiger partial charge in [-0.1, -0.05) is 18.2 Å². The summed E-state index contributed by atoms with van der Waals surface area (Å²) in [7, 11) is 3.11. The minimum Gasteiger partial charge on any atom is -0.493 e. The standard InChI is InChI=1S/C21H21N5O3S/c1-28-17-10-13-15(11-18(17)29-2)25-21(30)26(19(13)22)8-7-23-20(27)16-9-12-5-3-4-6-14(12)24-16/h3-6,9-11,24H,7-8,22H2,1-2H3,(H,23,27). The number of aromatic amines is 1. The molecule has 0 aliphatic rings. The molecule has 0 saturated carbocycles. The van der Waals surface area contributed by atoms with Gasteiger partial charge in [0, 0.05) is 35.4 Å². The van der Waals surface area contributed by atoms with E-state index in [1.54, 1.807) is 30.9 Å². The van der Waals surface area contributed by atoms with Gasteiger partial charge in [0.05, 0.1) is 19.7 Å². The maximum absolute atomic E-state index is 12.5. The molecular weight excluding hydrogens is 402 g/mol. The van der Waals surface area contributed by atoms with Crippen molar-refractivity contribution in [3.05, 3.63) is 52.9 Å². The summed E-state index contributed by atoms with van der Waals surface area (Å²) in [6.07, 6.45) is 0. The zero-order valence-electron chi connectivity index (χ0n) is 16.6. The molecular formula is C21H21N5O3S. The molecule has 0 spiro atoms. The lowest BCUT2D eigenvalue weighted by molar-refractivity contribution is 0.0948. The van der Waals surface area contributed by atoms with Crippen molar-refractivity contribution in [1.82, 2.24) is 19.9 Å². The summed E-state index contributed by atoms with van der Waals surface area (Å²) in [5.74, 6) is 1.35. The highest BCUT2D eigenvalue weighted by atomic mass is 32.1. The topological polar surface area (TPSA) is 107 Å². The molecule has 0 unspecified atom stereocenters. The lowest BCUT2D eigenvalue weighted by atomic mass is 10.2. The number of ether oxygens (including phenoxy) is 2. The number of fused-ring (bicyclic) bond motifs is 2. The molecule has 2 aromatic heterocycles. The Kier molecular flexibility index (Phi) is 5.28. The molecule has 0 fully saturated rings. The van der Waals surface area contributed by atoms with Crippen LogP contribution in [0.15, 0.2) is 42.5 Å². The number of para-hydroxylation sites is 1. The number of aromatic nitrogens is 3. The molecule has 4 aromatic rings. The highest BCUT2D eigenvalue weighted by molar-refractivity contribution is 7.71. The van der Waals surface area contributed by atoms with Gasteiger partial charge < -0.3 is 30.1 Å². The summed E-state index contributed by atoms with van der Waals surface area (Å²) >= 11 is 5.40. The quantitative estimate of drug-likeness (QED) is 0.411. The minimum atomic E-state index is -0.198. The van der Waals surface area contributed by atoms with Crippen LogP contribution in [-0.2, 0) is 6.54 Å². The largest absolute Gasteiger partial charge is 0.493 e. The number of hydrogen-bond acceptors (Lipinski definition) is 6. The van der Waals surface area contributed by atoms with Gasteiger partial charge in [0.15, 0.2) is 11.5 Å². The highest BCUT2D eigenvalue weighted by Gasteiger charge is 2.13. The van der Waals surface area contributed by atoms with Gasteiger partial charge in [-0.15, -0.1) is 0 Å². The third-order valence-electron chi connectivity index (χ3n) is 4.91. The number of rotatable bonds is 6. The zero-order valence-corrected chi connectivity index (χ0v) is 17.4. The number of carbonyl (C=O) groups excluding carboxylic acids is 1. The maximum Gasteiger partial charge on any atom is 0.267 e. The Morgan fingerprint density at radius 2 is 1.93 bits per heavy atom. The fourth-order valence-electron chi connectivity index (χ4n) is 3.37. The number of H-pyrrole nitrogens is 1. The van der Waals surface area contributed by atoms with Crippen molar-refractivity contribution >= 4 is 45.7 Å². The van der Waals surface area contributed by atoms with Crippen LogP contribution in [0.25, 0.3) is 21.8 Å². The van der Waals surface area contributed by atoms with Crippen molar-refractivity contribution in [3.8, 4) is 11.5 Å². The Labute approximate surface area is 177 Å². The summed E-state index contributed by atoms with van der Waals surface area (Å²) in [6, 6.07) is 13.1. The number of amides is 1. The highest BCUT2D eigenvalue weighted by Crippen LogP contribution is 2.33. The number of hydrogen-bond donors (Lipinski definition) is 3. The summed E-state index contributed by atoms with van der Waals surface area (Å²) in [5, 5.41) is 4.57. The summed E-state index contributed by atoms with van der Waals surface area (Å²) < 4.78 is 12.7. The van der Waals surface area contributed by atoms with Crippen molar-refractivity contribution < 1.29 is 14.3 Å². The Balaban J connectivity index is 1.54. The SMILES string of the molecule is COc1cc2nc(=S)n(CCNC(=O)c3cc4ccccc4[nH]3)c(N)c2cc1OC. The van der Waals surface area contributed by atoms with Crippen LogP contribution in [0.2, 0.25) is 0 Å². The second-order valence-electron chi connectivity index (χ2n) is 6.68. The van der Waals surface area contributed by atoms with Crippen molar-refractivity contribution in [3.63, 3.8) is 0 Å². The van der Waals surface area contributed by atoms with Crippen LogP contribution < -0.4 is 20.5 Å². The van der Waals surface area contributed by atoms with Crippen LogP contribution in [0, 0.1) is 4.77 Å². The summed E-state index contributed by atoms with van der Waals surface area (Å²) in [5.41, 5.74) is 8.39. The van der Waals surface area contributed by atoms with E-state index in [0.29, 0.717) is 51.8 Å². The van der Waals surface area contributed by atoms with Crippen LogP contribution in [0.4, 0.5) is 5.82 Å². The zero-order chi connectivity index (χ0) is 21.3. The van der Waals surface area contributed by atoms with Crippen LogP contribution in [0.3, 0.4) is 0 Å². The molecule has 0 bridgehead atoms. The molecule has 30 heavy (non-hydrogen) atoms. The number of anilines is 1. The van der Waals surface area contributed by atoms with Crippen molar-refractivity contribution in [2.24, 2.45) is 0 Å². The first kappa shape index (κ1) is 19.7. The van der Waals surface area contributed by atoms with Gasteiger partial charge in [-0.25, -0.2) is 4.98 Å². The van der Waals surface area contributed by atoms with Gasteiger partial charge in [0.2, 0.25) is 4.77 Å². The summed E-state index contributed by atoms with van der Waals surface area (Å²) in [6.45, 7) is 0.723. The van der Waals surface area contributed by atoms with E-state index in [0.717, 1.165) is 10.9 Å². The Hall–Kier alpha value is -3.59. The monoisotopic (exact) mass is 423 g/mol. The van der Waals surface area contributed by atoms with E-state index in [1.807, 2.05) is 30.3 Å². The van der Waals surface area contributed by atoms with Crippen LogP contribution in [0.1, 0.15) is 10.5 Å². The molecule has 9 heteroatoms. The first-order valence-corrected chi connectivity index (χ1v) is 9.70. The van der Waals surface area contributed by atoms with Crippen LogP contribution in [0.5, 0.6) is 11.5 Å². The number of nitrogens with one attached hydrogen (secondary N) is 2. The van der Waals surface area contributed by atoms with E-state index in [9.17, 15) is 4.79 Å². The van der Waals surface area contributed by atoms with Gasteiger partial charge in [-0.2, -0.15) is 0 Å². The number of carbonyl (C=O) groups is 1. The molecule has 0 aliphatic heterocycles. The van der Waals surface area contributed by atoms with Crippen molar-refractivity contribution in [1.29, 1.82) is 0 Å². The maximum atomic E-state index is 12.5. The lowest BCUT2D eigenvalue weighted by Gasteiger charge is -2.15. The second kappa shape index (κ2) is 8.03. The Morgan fingerprint density at radius 3 is 2.67 bits per heavy atom. The molecule has 2 aromatic carbocycles. The fraction of sp³-hybridized carbons (Fsp3) is 0.190. The average molecular weight is 423 g/mol. The van der Waals surface area contributed by atoms with Crippen molar-refractivity contribution in [2.75, 3.05) is 26.5 Å². The molecule has 8 nitrogen and oxygen atoms in total. The predicted molar refractivity (Wildman–Crippen MR) is 119 cm³/mol. The third-order valence-corrected chi connectivity index (χ3v) is 5.22. The number of methoxy groups -OCH3 is 2. The van der Waals surface area contributed by atoms with Gasteiger partial charge in [-0.05, 0) is 30.4 Å². The summed E-state index contributed by atoms with van der Waals surface area (Å²) in [4.78, 5) is 20.0. The van der Waals surface area contributed by atoms with E-state index in [2.05, 4.69) is 15.3 Å². The van der Waals surface area contributed by atoms with Gasteiger partial charge in [0.25, 0.3) is 5.91 Å². The minimum absolute atomic E-state index is 0.198. The fourth-order valence-corrected chi connectivity index (χ4v) is 3.65. The third kappa shape index (κ3) is 3.55. The molecule has 0 radical (unpaired) electrons. The van der Waals surface area contributed by atoms with E-state index < -0.39 is 0 Å². The lowest BCUT2D eigenvalue weighted by Crippen LogP contribution is -2.28. The molecule has 0 atom stereocenters. The van der Waals surface area contributed by atoms with Gasteiger partial charge >= 0.3 is 0 Å². The first-order chi connectivity index (χ1) is 14.5. The number of nitrogens with two attached hydrogens (primary N) is 1.